The van der Waals surface area contributed by atoms with E-state index in [1.165, 1.54) is 11.3 Å². The summed E-state index contributed by atoms with van der Waals surface area (Å²) in [6, 6.07) is 13.6. The number of rotatable bonds is 6. The van der Waals surface area contributed by atoms with Gasteiger partial charge in [0.05, 0.1) is 7.11 Å². The molecule has 0 aliphatic carbocycles. The van der Waals surface area contributed by atoms with E-state index in [1.807, 2.05) is 37.3 Å². The van der Waals surface area contributed by atoms with Gasteiger partial charge in [0.25, 0.3) is 0 Å². The number of fused-ring (bicyclic) bond motifs is 1. The lowest BCUT2D eigenvalue weighted by atomic mass is 9.71. The number of aliphatic carboxylic acids is 1. The van der Waals surface area contributed by atoms with Gasteiger partial charge in [0.1, 0.15) is 11.2 Å². The van der Waals surface area contributed by atoms with Gasteiger partial charge in [0.2, 0.25) is 0 Å². The summed E-state index contributed by atoms with van der Waals surface area (Å²) in [6.45, 7) is 6.14. The number of benzene rings is 2. The molecule has 1 N–H and O–H groups in total. The van der Waals surface area contributed by atoms with Crippen molar-refractivity contribution < 1.29 is 14.6 Å². The first-order chi connectivity index (χ1) is 12.6. The fraction of sp³-hybridized carbons (Fsp3) is 0.409. The number of nitrogens with zero attached hydrogens (tertiary/aromatic N) is 1. The van der Waals surface area contributed by atoms with Gasteiger partial charge >= 0.3 is 5.97 Å². The van der Waals surface area contributed by atoms with Gasteiger partial charge in [-0.15, -0.1) is 0 Å². The Labute approximate surface area is 155 Å². The summed E-state index contributed by atoms with van der Waals surface area (Å²) in [5, 5.41) is 10.2. The van der Waals surface area contributed by atoms with Crippen LogP contribution in [0.4, 0.5) is 5.69 Å². The Morgan fingerprint density at radius 3 is 2.42 bits per heavy atom. The van der Waals surface area contributed by atoms with Crippen molar-refractivity contribution >= 4 is 11.7 Å². The van der Waals surface area contributed by atoms with Crippen LogP contribution in [0.15, 0.2) is 42.5 Å². The van der Waals surface area contributed by atoms with Crippen molar-refractivity contribution in [2.24, 2.45) is 0 Å². The second-order valence-electron chi connectivity index (χ2n) is 6.82. The van der Waals surface area contributed by atoms with Crippen LogP contribution < -0.4 is 9.64 Å². The Bertz CT molecular complexity index is 784. The van der Waals surface area contributed by atoms with Gasteiger partial charge in [0, 0.05) is 18.8 Å². The third kappa shape index (κ3) is 2.94. The minimum atomic E-state index is -1.05. The molecule has 1 heterocycles. The van der Waals surface area contributed by atoms with Gasteiger partial charge < -0.3 is 14.7 Å². The predicted octanol–water partition coefficient (Wildman–Crippen LogP) is 4.25. The highest BCUT2D eigenvalue weighted by Gasteiger charge is 2.41. The van der Waals surface area contributed by atoms with Crippen molar-refractivity contribution in [3.8, 4) is 5.75 Å². The van der Waals surface area contributed by atoms with Gasteiger partial charge in [0.15, 0.2) is 0 Å². The van der Waals surface area contributed by atoms with Crippen molar-refractivity contribution in [3.63, 3.8) is 0 Å². The quantitative estimate of drug-likeness (QED) is 0.843. The van der Waals surface area contributed by atoms with Crippen LogP contribution in [0.2, 0.25) is 0 Å². The maximum Gasteiger partial charge on any atom is 0.318 e. The van der Waals surface area contributed by atoms with Gasteiger partial charge in [-0.3, -0.25) is 4.79 Å². The van der Waals surface area contributed by atoms with E-state index >= 15 is 0 Å². The molecular weight excluding hydrogens is 326 g/mol. The second kappa shape index (κ2) is 7.40. The van der Waals surface area contributed by atoms with Crippen LogP contribution in [0.3, 0.4) is 0 Å². The molecule has 138 valence electrons. The average Bonchev–Trinajstić information content (AvgIpc) is 2.68. The number of carboxylic acids is 1. The lowest BCUT2D eigenvalue weighted by molar-refractivity contribution is -0.142. The molecule has 1 aliphatic rings. The fourth-order valence-electron chi connectivity index (χ4n) is 4.12. The van der Waals surface area contributed by atoms with Crippen molar-refractivity contribution in [1.82, 2.24) is 0 Å². The summed E-state index contributed by atoms with van der Waals surface area (Å²) in [5.41, 5.74) is 3.09. The minimum absolute atomic E-state index is 0.491. The summed E-state index contributed by atoms with van der Waals surface area (Å²) < 4.78 is 5.23. The van der Waals surface area contributed by atoms with Gasteiger partial charge in [-0.05, 0) is 61.1 Å². The molecule has 0 saturated heterocycles. The number of hydrogen-bond acceptors (Lipinski definition) is 3. The molecule has 0 aromatic heterocycles. The predicted molar refractivity (Wildman–Crippen MR) is 104 cm³/mol. The number of aryl methyl sites for hydroxylation is 1. The van der Waals surface area contributed by atoms with Gasteiger partial charge in [-0.25, -0.2) is 0 Å². The number of carbonyl (C=O) groups is 1. The van der Waals surface area contributed by atoms with E-state index in [-0.39, 0.29) is 0 Å². The third-order valence-electron chi connectivity index (χ3n) is 5.65. The summed E-state index contributed by atoms with van der Waals surface area (Å²) in [5.74, 6) is -0.0820. The van der Waals surface area contributed by atoms with Crippen molar-refractivity contribution in [3.05, 3.63) is 59.2 Å². The molecule has 0 spiro atoms. The fourth-order valence-corrected chi connectivity index (χ4v) is 4.12. The molecule has 3 rings (SSSR count). The zero-order chi connectivity index (χ0) is 18.7. The highest BCUT2D eigenvalue weighted by molar-refractivity contribution is 5.86. The molecule has 0 radical (unpaired) electrons. The van der Waals surface area contributed by atoms with Crippen LogP contribution in [0.25, 0.3) is 0 Å². The number of ether oxygens (including phenoxy) is 1. The Kier molecular flexibility index (Phi) is 5.21. The standard InChI is InChI=1S/C22H27NO3/c1-4-22(21(24)25,17-8-11-19(26-3)12-9-17)18-10-13-20-16(15-18)7-6-14-23(20)5-2/h8-13,15H,4-7,14H2,1-3H3,(H,24,25). The molecule has 4 nitrogen and oxygen atoms in total. The van der Waals surface area contributed by atoms with Crippen LogP contribution in [0.1, 0.15) is 43.4 Å². The third-order valence-corrected chi connectivity index (χ3v) is 5.65. The monoisotopic (exact) mass is 353 g/mol. The first kappa shape index (κ1) is 18.3. The van der Waals surface area contributed by atoms with E-state index in [0.29, 0.717) is 6.42 Å². The van der Waals surface area contributed by atoms with Crippen LogP contribution >= 0.6 is 0 Å². The van der Waals surface area contributed by atoms with E-state index in [4.69, 9.17) is 4.74 Å². The lowest BCUT2D eigenvalue weighted by Crippen LogP contribution is -2.37. The minimum Gasteiger partial charge on any atom is -0.497 e. The zero-order valence-electron chi connectivity index (χ0n) is 15.8. The van der Waals surface area contributed by atoms with Gasteiger partial charge in [-0.1, -0.05) is 31.2 Å². The lowest BCUT2D eigenvalue weighted by Gasteiger charge is -2.34. The first-order valence-corrected chi connectivity index (χ1v) is 9.33. The smallest absolute Gasteiger partial charge is 0.318 e. The molecule has 0 fully saturated rings. The summed E-state index contributed by atoms with van der Waals surface area (Å²) in [4.78, 5) is 14.8. The van der Waals surface area contributed by atoms with E-state index in [1.54, 1.807) is 7.11 Å². The van der Waals surface area contributed by atoms with Crippen LogP contribution in [0, 0.1) is 0 Å². The summed E-state index contributed by atoms with van der Waals surface area (Å²) in [7, 11) is 1.61. The highest BCUT2D eigenvalue weighted by atomic mass is 16.5. The molecule has 2 aromatic rings. The number of hydrogen-bond donors (Lipinski definition) is 1. The largest absolute Gasteiger partial charge is 0.497 e. The molecule has 1 atom stereocenters. The molecule has 26 heavy (non-hydrogen) atoms. The Morgan fingerprint density at radius 1 is 1.15 bits per heavy atom. The van der Waals surface area contributed by atoms with Crippen LogP contribution in [-0.4, -0.2) is 31.3 Å². The van der Waals surface area contributed by atoms with E-state index in [9.17, 15) is 9.90 Å². The molecule has 1 aliphatic heterocycles. The molecular formula is C22H27NO3. The first-order valence-electron chi connectivity index (χ1n) is 9.33. The number of methoxy groups -OCH3 is 1. The van der Waals surface area contributed by atoms with Crippen molar-refractivity contribution in [2.45, 2.75) is 38.5 Å². The molecule has 0 saturated carbocycles. The Hall–Kier alpha value is -2.49. The summed E-state index contributed by atoms with van der Waals surface area (Å²) >= 11 is 0. The average molecular weight is 353 g/mol. The normalized spacial score (nSPS) is 15.9. The van der Waals surface area contributed by atoms with Gasteiger partial charge in [-0.2, -0.15) is 0 Å². The highest BCUT2D eigenvalue weighted by Crippen LogP contribution is 2.39. The molecule has 2 aromatic carbocycles. The molecule has 0 bridgehead atoms. The summed E-state index contributed by atoms with van der Waals surface area (Å²) in [6.07, 6.45) is 2.60. The second-order valence-corrected chi connectivity index (χ2v) is 6.82. The van der Waals surface area contributed by atoms with Crippen molar-refractivity contribution in [2.75, 3.05) is 25.1 Å². The van der Waals surface area contributed by atoms with Crippen molar-refractivity contribution in [1.29, 1.82) is 0 Å². The number of carboxylic acid groups (broad SMARTS) is 1. The van der Waals surface area contributed by atoms with E-state index in [0.717, 1.165) is 42.8 Å². The molecule has 1 unspecified atom stereocenters. The van der Waals surface area contributed by atoms with E-state index in [2.05, 4.69) is 24.0 Å². The number of anilines is 1. The van der Waals surface area contributed by atoms with Crippen LogP contribution in [0.5, 0.6) is 5.75 Å². The Balaban J connectivity index is 2.12. The van der Waals surface area contributed by atoms with E-state index < -0.39 is 11.4 Å². The Morgan fingerprint density at radius 2 is 1.85 bits per heavy atom. The molecule has 4 heteroatoms. The topological polar surface area (TPSA) is 49.8 Å². The molecule has 0 amide bonds. The van der Waals surface area contributed by atoms with Crippen LogP contribution in [-0.2, 0) is 16.6 Å². The maximum absolute atomic E-state index is 12.5. The maximum atomic E-state index is 12.5. The SMILES string of the molecule is CCN1CCCc2cc(C(CC)(C(=O)O)c3ccc(OC)cc3)ccc21. The zero-order valence-corrected chi connectivity index (χ0v) is 15.8.